The number of hydrogen-bond acceptors (Lipinski definition) is 4. The van der Waals surface area contributed by atoms with Gasteiger partial charge in [-0.05, 0) is 29.8 Å². The average Bonchev–Trinajstić information content (AvgIpc) is 2.46. The molecular formula is C14H11FN2O2S2. The molecule has 3 rings (SSSR count). The van der Waals surface area contributed by atoms with Gasteiger partial charge in [0.15, 0.2) is 5.17 Å². The molecule has 1 N–H and O–H groups in total. The summed E-state index contributed by atoms with van der Waals surface area (Å²) in [6, 6.07) is 12.7. The van der Waals surface area contributed by atoms with Crippen molar-refractivity contribution in [1.29, 1.82) is 0 Å². The molecule has 108 valence electrons. The Morgan fingerprint density at radius 3 is 2.57 bits per heavy atom. The minimum Gasteiger partial charge on any atom is -0.333 e. The Hall–Kier alpha value is -1.86. The molecule has 2 aromatic carbocycles. The second-order valence-electron chi connectivity index (χ2n) is 4.41. The van der Waals surface area contributed by atoms with Crippen molar-refractivity contribution in [3.8, 4) is 0 Å². The fourth-order valence-electron chi connectivity index (χ4n) is 1.89. The van der Waals surface area contributed by atoms with E-state index in [0.29, 0.717) is 16.6 Å². The largest absolute Gasteiger partial charge is 0.333 e. The van der Waals surface area contributed by atoms with Crippen molar-refractivity contribution < 1.29 is 12.8 Å². The molecule has 0 saturated carbocycles. The number of benzene rings is 2. The minimum atomic E-state index is -3.66. The highest BCUT2D eigenvalue weighted by molar-refractivity contribution is 8.14. The normalized spacial score (nSPS) is 15.8. The smallest absolute Gasteiger partial charge is 0.286 e. The molecule has 0 radical (unpaired) electrons. The molecule has 21 heavy (non-hydrogen) atoms. The molecule has 0 aromatic heterocycles. The summed E-state index contributed by atoms with van der Waals surface area (Å²) in [5.41, 5.74) is 1.41. The number of para-hydroxylation sites is 1. The molecule has 2 aromatic rings. The van der Waals surface area contributed by atoms with E-state index in [4.69, 9.17) is 0 Å². The van der Waals surface area contributed by atoms with Crippen molar-refractivity contribution in [1.82, 2.24) is 0 Å². The van der Waals surface area contributed by atoms with E-state index in [9.17, 15) is 12.8 Å². The molecule has 0 bridgehead atoms. The first-order valence-electron chi connectivity index (χ1n) is 6.13. The lowest BCUT2D eigenvalue weighted by Crippen LogP contribution is -2.18. The fourth-order valence-corrected chi connectivity index (χ4v) is 4.08. The van der Waals surface area contributed by atoms with Crippen molar-refractivity contribution in [2.75, 3.05) is 5.32 Å². The topological polar surface area (TPSA) is 58.5 Å². The molecule has 0 saturated heterocycles. The van der Waals surface area contributed by atoms with Crippen LogP contribution in [0.4, 0.5) is 10.1 Å². The predicted molar refractivity (Wildman–Crippen MR) is 82.4 cm³/mol. The van der Waals surface area contributed by atoms with Gasteiger partial charge in [0.2, 0.25) is 0 Å². The summed E-state index contributed by atoms with van der Waals surface area (Å²) < 4.78 is 40.7. The molecule has 1 aliphatic rings. The lowest BCUT2D eigenvalue weighted by Gasteiger charge is -2.17. The van der Waals surface area contributed by atoms with Crippen molar-refractivity contribution in [2.45, 2.75) is 10.6 Å². The average molecular weight is 322 g/mol. The third-order valence-corrected chi connectivity index (χ3v) is 5.29. The lowest BCUT2D eigenvalue weighted by atomic mass is 10.2. The molecule has 0 spiro atoms. The number of sulfonamides is 1. The zero-order valence-electron chi connectivity index (χ0n) is 10.8. The van der Waals surface area contributed by atoms with E-state index in [-0.39, 0.29) is 10.7 Å². The Bertz CT molecular complexity index is 802. The number of thioether (sulfide) groups is 1. The first-order chi connectivity index (χ1) is 10.0. The van der Waals surface area contributed by atoms with Crippen LogP contribution in [0.15, 0.2) is 57.8 Å². The van der Waals surface area contributed by atoms with Crippen molar-refractivity contribution in [2.24, 2.45) is 4.40 Å². The number of halogens is 1. The van der Waals surface area contributed by atoms with E-state index < -0.39 is 10.0 Å². The number of fused-ring (bicyclic) bond motifs is 1. The number of rotatable bonds is 2. The van der Waals surface area contributed by atoms with Gasteiger partial charge in [-0.25, -0.2) is 4.39 Å². The quantitative estimate of drug-likeness (QED) is 0.922. The lowest BCUT2D eigenvalue weighted by molar-refractivity contribution is 0.598. The number of anilines is 1. The van der Waals surface area contributed by atoms with Gasteiger partial charge in [0.05, 0.1) is 5.69 Å². The van der Waals surface area contributed by atoms with Crippen LogP contribution in [0.5, 0.6) is 0 Å². The fraction of sp³-hybridized carbons (Fsp3) is 0.0714. The Kier molecular flexibility index (Phi) is 3.69. The molecule has 7 heteroatoms. The van der Waals surface area contributed by atoms with Gasteiger partial charge in [-0.3, -0.25) is 0 Å². The molecule has 0 aliphatic carbocycles. The molecular weight excluding hydrogens is 311 g/mol. The van der Waals surface area contributed by atoms with Crippen molar-refractivity contribution in [3.63, 3.8) is 0 Å². The minimum absolute atomic E-state index is 0.177. The first-order valence-corrected chi connectivity index (χ1v) is 8.55. The van der Waals surface area contributed by atoms with Gasteiger partial charge < -0.3 is 5.32 Å². The summed E-state index contributed by atoms with van der Waals surface area (Å²) in [7, 11) is -3.66. The van der Waals surface area contributed by atoms with E-state index in [1.807, 2.05) is 0 Å². The Balaban J connectivity index is 1.79. The van der Waals surface area contributed by atoms with Crippen LogP contribution in [0.1, 0.15) is 5.56 Å². The van der Waals surface area contributed by atoms with Gasteiger partial charge in [0, 0.05) is 5.75 Å². The van der Waals surface area contributed by atoms with E-state index in [2.05, 4.69) is 9.71 Å². The number of nitrogens with zero attached hydrogens (tertiary/aromatic N) is 1. The second-order valence-corrected chi connectivity index (χ2v) is 6.94. The Labute approximate surface area is 126 Å². The first kappa shape index (κ1) is 14.1. The van der Waals surface area contributed by atoms with Gasteiger partial charge in [0.25, 0.3) is 10.0 Å². The summed E-state index contributed by atoms with van der Waals surface area (Å²) in [6.07, 6.45) is 0. The van der Waals surface area contributed by atoms with Crippen LogP contribution in [0.25, 0.3) is 0 Å². The highest BCUT2D eigenvalue weighted by Crippen LogP contribution is 2.29. The summed E-state index contributed by atoms with van der Waals surface area (Å²) in [4.78, 5) is 0.177. The molecule has 0 unspecified atom stereocenters. The maximum absolute atomic E-state index is 12.8. The van der Waals surface area contributed by atoms with E-state index in [1.165, 1.54) is 30.0 Å². The number of nitrogens with one attached hydrogen (secondary N) is 1. The van der Waals surface area contributed by atoms with Crippen LogP contribution < -0.4 is 5.32 Å². The van der Waals surface area contributed by atoms with Crippen LogP contribution in [-0.4, -0.2) is 13.6 Å². The molecule has 0 amide bonds. The number of hydrogen-bond donors (Lipinski definition) is 1. The van der Waals surface area contributed by atoms with Gasteiger partial charge in [-0.1, -0.05) is 36.0 Å². The van der Waals surface area contributed by atoms with Gasteiger partial charge in [-0.2, -0.15) is 8.42 Å². The summed E-state index contributed by atoms with van der Waals surface area (Å²) >= 11 is 1.26. The van der Waals surface area contributed by atoms with E-state index >= 15 is 0 Å². The Morgan fingerprint density at radius 2 is 1.81 bits per heavy atom. The second kappa shape index (κ2) is 5.50. The Morgan fingerprint density at radius 1 is 1.10 bits per heavy atom. The molecule has 0 atom stereocenters. The molecule has 1 heterocycles. The van der Waals surface area contributed by atoms with Crippen LogP contribution >= 0.6 is 11.8 Å². The zero-order valence-corrected chi connectivity index (χ0v) is 12.4. The van der Waals surface area contributed by atoms with E-state index in [0.717, 1.165) is 5.56 Å². The van der Waals surface area contributed by atoms with Crippen molar-refractivity contribution >= 4 is 32.6 Å². The SMILES string of the molecule is O=S1(=O)N=C(SCc2ccc(F)cc2)Nc2ccccc21. The van der Waals surface area contributed by atoms with E-state index in [1.54, 1.807) is 30.3 Å². The third kappa shape index (κ3) is 3.08. The van der Waals surface area contributed by atoms with Crippen LogP contribution in [0.2, 0.25) is 0 Å². The zero-order chi connectivity index (χ0) is 14.9. The van der Waals surface area contributed by atoms with Gasteiger partial charge >= 0.3 is 0 Å². The van der Waals surface area contributed by atoms with Crippen molar-refractivity contribution in [3.05, 3.63) is 59.9 Å². The monoisotopic (exact) mass is 322 g/mol. The molecule has 4 nitrogen and oxygen atoms in total. The standard InChI is InChI=1S/C14H11FN2O2S2/c15-11-7-5-10(6-8-11)9-20-14-16-12-3-1-2-4-13(12)21(18,19)17-14/h1-8H,9H2,(H,16,17). The molecule has 1 aliphatic heterocycles. The highest BCUT2D eigenvalue weighted by Gasteiger charge is 2.24. The number of amidine groups is 1. The van der Waals surface area contributed by atoms with Crippen LogP contribution in [0, 0.1) is 5.82 Å². The van der Waals surface area contributed by atoms with Gasteiger partial charge in [0.1, 0.15) is 10.7 Å². The maximum Gasteiger partial charge on any atom is 0.286 e. The highest BCUT2D eigenvalue weighted by atomic mass is 32.2. The summed E-state index contributed by atoms with van der Waals surface area (Å²) in [5, 5.41) is 3.31. The van der Waals surface area contributed by atoms with Gasteiger partial charge in [-0.15, -0.1) is 4.40 Å². The summed E-state index contributed by atoms with van der Waals surface area (Å²) in [6.45, 7) is 0. The third-order valence-electron chi connectivity index (χ3n) is 2.90. The predicted octanol–water partition coefficient (Wildman–Crippen LogP) is 3.23. The summed E-state index contributed by atoms with van der Waals surface area (Å²) in [5.74, 6) is 0.206. The van der Waals surface area contributed by atoms with Crippen LogP contribution in [0.3, 0.4) is 0 Å². The van der Waals surface area contributed by atoms with Crippen LogP contribution in [-0.2, 0) is 15.8 Å². The maximum atomic E-state index is 12.8. The molecule has 0 fully saturated rings.